The van der Waals surface area contributed by atoms with Crippen molar-refractivity contribution in [2.24, 2.45) is 0 Å². The van der Waals surface area contributed by atoms with E-state index in [0.29, 0.717) is 18.1 Å². The maximum Gasteiger partial charge on any atom is 0.415 e. The van der Waals surface area contributed by atoms with E-state index in [4.69, 9.17) is 10.5 Å². The topological polar surface area (TPSA) is 80.5 Å². The molecular weight excluding hydrogens is 220 g/mol. The highest BCUT2D eigenvalue weighted by Gasteiger charge is 2.24. The summed E-state index contributed by atoms with van der Waals surface area (Å²) in [5, 5.41) is 3.21. The Morgan fingerprint density at radius 2 is 2.47 bits per heavy atom. The van der Waals surface area contributed by atoms with Crippen LogP contribution in [0.15, 0.2) is 18.3 Å². The quantitative estimate of drug-likeness (QED) is 0.740. The van der Waals surface area contributed by atoms with Crippen molar-refractivity contribution in [2.75, 3.05) is 25.4 Å². The molecule has 1 amide bonds. The van der Waals surface area contributed by atoms with Crippen LogP contribution >= 0.6 is 0 Å². The number of nitrogens with zero attached hydrogens (tertiary/aromatic N) is 2. The van der Waals surface area contributed by atoms with E-state index in [0.717, 1.165) is 13.1 Å². The first-order valence-electron chi connectivity index (χ1n) is 5.57. The molecule has 2 heterocycles. The molecule has 1 aromatic heterocycles. The van der Waals surface area contributed by atoms with Crippen molar-refractivity contribution in [1.82, 2.24) is 15.2 Å². The zero-order valence-electron chi connectivity index (χ0n) is 9.72. The molecule has 92 valence electrons. The fraction of sp³-hybridized carbons (Fsp3) is 0.455. The molecule has 6 heteroatoms. The molecule has 0 bridgehead atoms. The SMILES string of the molecule is CC1CNCCN1C(=O)Oc1ccc(N)nc1. The number of rotatable bonds is 1. The zero-order valence-corrected chi connectivity index (χ0v) is 9.72. The Kier molecular flexibility index (Phi) is 3.43. The highest BCUT2D eigenvalue weighted by Crippen LogP contribution is 2.13. The summed E-state index contributed by atoms with van der Waals surface area (Å²) >= 11 is 0. The predicted octanol–water partition coefficient (Wildman–Crippen LogP) is 0.456. The standard InChI is InChI=1S/C11H16N4O2/c1-8-6-13-4-5-15(8)11(16)17-9-2-3-10(12)14-7-9/h2-3,7-8,13H,4-6H2,1H3,(H2,12,14). The molecule has 0 saturated carbocycles. The summed E-state index contributed by atoms with van der Waals surface area (Å²) in [6.45, 7) is 4.21. The van der Waals surface area contributed by atoms with E-state index < -0.39 is 0 Å². The van der Waals surface area contributed by atoms with Crippen LogP contribution in [0.3, 0.4) is 0 Å². The first kappa shape index (κ1) is 11.7. The molecular formula is C11H16N4O2. The highest BCUT2D eigenvalue weighted by atomic mass is 16.6. The van der Waals surface area contributed by atoms with Crippen LogP contribution in [0.5, 0.6) is 5.75 Å². The van der Waals surface area contributed by atoms with Gasteiger partial charge in [-0.05, 0) is 19.1 Å². The lowest BCUT2D eigenvalue weighted by Crippen LogP contribution is -2.53. The molecule has 1 atom stereocenters. The predicted molar refractivity (Wildman–Crippen MR) is 63.7 cm³/mol. The van der Waals surface area contributed by atoms with Crippen LogP contribution < -0.4 is 15.8 Å². The van der Waals surface area contributed by atoms with E-state index in [2.05, 4.69) is 10.3 Å². The van der Waals surface area contributed by atoms with Crippen molar-refractivity contribution in [1.29, 1.82) is 0 Å². The fourth-order valence-corrected chi connectivity index (χ4v) is 1.72. The number of nitrogens with two attached hydrogens (primary N) is 1. The van der Waals surface area contributed by atoms with Crippen LogP contribution in [-0.2, 0) is 0 Å². The van der Waals surface area contributed by atoms with Gasteiger partial charge in [-0.2, -0.15) is 0 Å². The van der Waals surface area contributed by atoms with Crippen LogP contribution in [0, 0.1) is 0 Å². The lowest BCUT2D eigenvalue weighted by atomic mass is 10.2. The number of anilines is 1. The number of pyridine rings is 1. The minimum absolute atomic E-state index is 0.137. The molecule has 1 fully saturated rings. The van der Waals surface area contributed by atoms with Crippen molar-refractivity contribution in [3.05, 3.63) is 18.3 Å². The Labute approximate surface area is 99.8 Å². The third-order valence-corrected chi connectivity index (χ3v) is 2.70. The number of hydrogen-bond donors (Lipinski definition) is 2. The monoisotopic (exact) mass is 236 g/mol. The third kappa shape index (κ3) is 2.85. The van der Waals surface area contributed by atoms with Crippen LogP contribution in [0.4, 0.5) is 10.6 Å². The van der Waals surface area contributed by atoms with E-state index in [9.17, 15) is 4.79 Å². The van der Waals surface area contributed by atoms with Crippen molar-refractivity contribution in [3.63, 3.8) is 0 Å². The highest BCUT2D eigenvalue weighted by molar-refractivity contribution is 5.71. The van der Waals surface area contributed by atoms with E-state index in [1.54, 1.807) is 17.0 Å². The number of hydrogen-bond acceptors (Lipinski definition) is 5. The summed E-state index contributed by atoms with van der Waals surface area (Å²) in [4.78, 5) is 17.4. The zero-order chi connectivity index (χ0) is 12.3. The second kappa shape index (κ2) is 5.01. The van der Waals surface area contributed by atoms with Gasteiger partial charge in [-0.25, -0.2) is 9.78 Å². The molecule has 0 spiro atoms. The van der Waals surface area contributed by atoms with Crippen LogP contribution in [0.1, 0.15) is 6.92 Å². The van der Waals surface area contributed by atoms with Gasteiger partial charge in [-0.15, -0.1) is 0 Å². The van der Waals surface area contributed by atoms with E-state index in [1.165, 1.54) is 6.20 Å². The molecule has 0 aromatic carbocycles. The van der Waals surface area contributed by atoms with E-state index in [-0.39, 0.29) is 12.1 Å². The minimum Gasteiger partial charge on any atom is -0.409 e. The van der Waals surface area contributed by atoms with Crippen LogP contribution in [-0.4, -0.2) is 41.7 Å². The molecule has 1 unspecified atom stereocenters. The van der Waals surface area contributed by atoms with Crippen molar-refractivity contribution in [3.8, 4) is 5.75 Å². The number of carbonyl (C=O) groups is 1. The lowest BCUT2D eigenvalue weighted by molar-refractivity contribution is 0.124. The van der Waals surface area contributed by atoms with Crippen molar-refractivity contribution >= 4 is 11.9 Å². The molecule has 0 aliphatic carbocycles. The summed E-state index contributed by atoms with van der Waals surface area (Å²) in [7, 11) is 0. The molecule has 3 N–H and O–H groups in total. The van der Waals surface area contributed by atoms with Gasteiger partial charge in [-0.1, -0.05) is 0 Å². The second-order valence-electron chi connectivity index (χ2n) is 4.03. The van der Waals surface area contributed by atoms with Gasteiger partial charge in [0.1, 0.15) is 5.82 Å². The summed E-state index contributed by atoms with van der Waals surface area (Å²) in [5.74, 6) is 0.815. The summed E-state index contributed by atoms with van der Waals surface area (Å²) in [5.41, 5.74) is 5.45. The van der Waals surface area contributed by atoms with Gasteiger partial charge < -0.3 is 20.7 Å². The average molecular weight is 236 g/mol. The molecule has 1 aliphatic heterocycles. The average Bonchev–Trinajstić information content (AvgIpc) is 2.32. The van der Waals surface area contributed by atoms with Gasteiger partial charge in [0.15, 0.2) is 5.75 Å². The van der Waals surface area contributed by atoms with E-state index >= 15 is 0 Å². The summed E-state index contributed by atoms with van der Waals surface area (Å²) in [6, 6.07) is 3.37. The molecule has 0 radical (unpaired) electrons. The Morgan fingerprint density at radius 1 is 1.65 bits per heavy atom. The summed E-state index contributed by atoms with van der Waals surface area (Å²) < 4.78 is 5.22. The fourth-order valence-electron chi connectivity index (χ4n) is 1.72. The minimum atomic E-state index is -0.342. The van der Waals surface area contributed by atoms with Gasteiger partial charge in [0.05, 0.1) is 6.20 Å². The third-order valence-electron chi connectivity index (χ3n) is 2.70. The summed E-state index contributed by atoms with van der Waals surface area (Å²) in [6.07, 6.45) is 1.10. The maximum absolute atomic E-state index is 11.9. The molecule has 2 rings (SSSR count). The number of amides is 1. The van der Waals surface area contributed by atoms with Crippen molar-refractivity contribution in [2.45, 2.75) is 13.0 Å². The number of nitrogen functional groups attached to an aromatic ring is 1. The smallest absolute Gasteiger partial charge is 0.409 e. The molecule has 6 nitrogen and oxygen atoms in total. The first-order valence-corrected chi connectivity index (χ1v) is 5.57. The van der Waals surface area contributed by atoms with Gasteiger partial charge >= 0.3 is 6.09 Å². The Hall–Kier alpha value is -1.82. The van der Waals surface area contributed by atoms with Gasteiger partial charge in [0.25, 0.3) is 0 Å². The number of nitrogens with one attached hydrogen (secondary N) is 1. The lowest BCUT2D eigenvalue weighted by Gasteiger charge is -2.32. The normalized spacial score (nSPS) is 20.1. The second-order valence-corrected chi connectivity index (χ2v) is 4.03. The Balaban J connectivity index is 1.98. The van der Waals surface area contributed by atoms with E-state index in [1.807, 2.05) is 6.92 Å². The Bertz CT molecular complexity index is 393. The molecule has 1 saturated heterocycles. The van der Waals surface area contributed by atoms with Gasteiger partial charge in [0.2, 0.25) is 0 Å². The number of carbonyl (C=O) groups excluding carboxylic acids is 1. The molecule has 17 heavy (non-hydrogen) atoms. The first-order chi connectivity index (χ1) is 8.16. The van der Waals surface area contributed by atoms with Crippen LogP contribution in [0.25, 0.3) is 0 Å². The van der Waals surface area contributed by atoms with Crippen molar-refractivity contribution < 1.29 is 9.53 Å². The van der Waals surface area contributed by atoms with Crippen LogP contribution in [0.2, 0.25) is 0 Å². The Morgan fingerprint density at radius 3 is 3.12 bits per heavy atom. The molecule has 1 aliphatic rings. The molecule has 1 aromatic rings. The largest absolute Gasteiger partial charge is 0.415 e. The van der Waals surface area contributed by atoms with Gasteiger partial charge in [0, 0.05) is 25.7 Å². The number of ether oxygens (including phenoxy) is 1. The number of piperazine rings is 1. The maximum atomic E-state index is 11.9. The van der Waals surface area contributed by atoms with Gasteiger partial charge in [-0.3, -0.25) is 0 Å². The number of aromatic nitrogens is 1.